The fourth-order valence-electron chi connectivity index (χ4n) is 3.91. The van der Waals surface area contributed by atoms with E-state index < -0.39 is 5.25 Å². The van der Waals surface area contributed by atoms with Crippen molar-refractivity contribution in [2.24, 2.45) is 0 Å². The van der Waals surface area contributed by atoms with E-state index in [1.807, 2.05) is 89.6 Å². The normalized spacial score (nSPS) is 11.4. The van der Waals surface area contributed by atoms with Crippen LogP contribution in [0, 0.1) is 0 Å². The van der Waals surface area contributed by atoms with Gasteiger partial charge in [0.05, 0.1) is 24.8 Å². The lowest BCUT2D eigenvalue weighted by Gasteiger charge is -2.17. The van der Waals surface area contributed by atoms with Gasteiger partial charge in [-0.05, 0) is 53.4 Å². The molecule has 1 unspecified atom stereocenters. The van der Waals surface area contributed by atoms with Gasteiger partial charge in [0.1, 0.15) is 5.25 Å². The molecule has 2 amide bonds. The number of anilines is 2. The molecule has 202 valence electrons. The number of nitrogens with zero attached hydrogens (tertiary/aromatic N) is 1. The summed E-state index contributed by atoms with van der Waals surface area (Å²) in [7, 11) is 3.18. The number of ether oxygens (including phenoxy) is 2. The molecule has 5 aromatic rings. The number of rotatable bonds is 10. The van der Waals surface area contributed by atoms with Crippen molar-refractivity contribution in [2.75, 3.05) is 24.9 Å². The maximum absolute atomic E-state index is 13.6. The highest BCUT2D eigenvalue weighted by Crippen LogP contribution is 2.38. The number of carbonyl (C=O) groups is 2. The minimum Gasteiger partial charge on any atom is -0.493 e. The van der Waals surface area contributed by atoms with Crippen LogP contribution in [0.4, 0.5) is 10.8 Å². The molecule has 5 rings (SSSR count). The number of methoxy groups -OCH3 is 2. The number of thiophene rings is 1. The van der Waals surface area contributed by atoms with Crippen LogP contribution < -0.4 is 20.1 Å². The molecular weight excluding hydrogens is 563 g/mol. The summed E-state index contributed by atoms with van der Waals surface area (Å²) in [5.74, 6) is 0.877. The first-order valence-corrected chi connectivity index (χ1v) is 14.8. The molecule has 0 bridgehead atoms. The third kappa shape index (κ3) is 6.53. The molecule has 0 aliphatic rings. The molecule has 0 saturated carbocycles. The molecule has 1 atom stereocenters. The molecule has 10 heteroatoms. The number of aromatic nitrogens is 1. The van der Waals surface area contributed by atoms with Crippen LogP contribution in [0.15, 0.2) is 101 Å². The van der Waals surface area contributed by atoms with E-state index in [0.717, 1.165) is 21.7 Å². The topological polar surface area (TPSA) is 89.6 Å². The summed E-state index contributed by atoms with van der Waals surface area (Å²) in [5.41, 5.74) is 3.09. The van der Waals surface area contributed by atoms with Crippen LogP contribution in [0.1, 0.15) is 20.5 Å². The van der Waals surface area contributed by atoms with E-state index in [1.165, 1.54) is 34.4 Å². The lowest BCUT2D eigenvalue weighted by molar-refractivity contribution is -0.115. The summed E-state index contributed by atoms with van der Waals surface area (Å²) < 4.78 is 10.7. The quantitative estimate of drug-likeness (QED) is 0.164. The highest BCUT2D eigenvalue weighted by Gasteiger charge is 2.24. The second-order valence-corrected chi connectivity index (χ2v) is 11.4. The highest BCUT2D eigenvalue weighted by molar-refractivity contribution is 8.00. The number of thioether (sulfide) groups is 1. The Hall–Kier alpha value is -4.12. The van der Waals surface area contributed by atoms with Gasteiger partial charge in [-0.15, -0.1) is 34.4 Å². The van der Waals surface area contributed by atoms with Crippen LogP contribution in [0.5, 0.6) is 11.5 Å². The second kappa shape index (κ2) is 12.8. The maximum atomic E-state index is 13.6. The van der Waals surface area contributed by atoms with Crippen molar-refractivity contribution in [3.8, 4) is 22.8 Å². The maximum Gasteiger partial charge on any atom is 0.265 e. The summed E-state index contributed by atoms with van der Waals surface area (Å²) in [4.78, 5) is 32.2. The Morgan fingerprint density at radius 3 is 2.42 bits per heavy atom. The number of amides is 2. The van der Waals surface area contributed by atoms with E-state index in [9.17, 15) is 9.59 Å². The Bertz CT molecular complexity index is 1600. The van der Waals surface area contributed by atoms with Gasteiger partial charge in [-0.2, -0.15) is 0 Å². The molecule has 2 heterocycles. The first kappa shape index (κ1) is 27.4. The van der Waals surface area contributed by atoms with Crippen LogP contribution in [-0.2, 0) is 4.79 Å². The number of hydrogen-bond donors (Lipinski definition) is 2. The summed E-state index contributed by atoms with van der Waals surface area (Å²) in [6, 6.07) is 26.3. The van der Waals surface area contributed by atoms with Gasteiger partial charge >= 0.3 is 0 Å². The predicted molar refractivity (Wildman–Crippen MR) is 163 cm³/mol. The van der Waals surface area contributed by atoms with E-state index in [0.29, 0.717) is 27.2 Å². The standard InChI is InChI=1S/C30H25N3O4S3/c1-36-24-14-13-20(16-25(24)37-2)23-18-39-30(32-23)33-29(35)27(19-8-4-3-5-9-19)40-22-11-6-10-21(17-22)31-28(34)26-12-7-15-38-26/h3-18,27H,1-2H3,(H,31,34)(H,32,33,35). The van der Waals surface area contributed by atoms with Crippen LogP contribution in [0.25, 0.3) is 11.3 Å². The molecule has 0 saturated heterocycles. The van der Waals surface area contributed by atoms with Gasteiger partial charge in [0, 0.05) is 21.5 Å². The zero-order chi connectivity index (χ0) is 27.9. The van der Waals surface area contributed by atoms with Gasteiger partial charge in [0.2, 0.25) is 5.91 Å². The van der Waals surface area contributed by atoms with E-state index in [-0.39, 0.29) is 11.8 Å². The molecule has 0 spiro atoms. The monoisotopic (exact) mass is 587 g/mol. The first-order chi connectivity index (χ1) is 19.5. The van der Waals surface area contributed by atoms with E-state index in [1.54, 1.807) is 20.3 Å². The Morgan fingerprint density at radius 1 is 0.850 bits per heavy atom. The first-order valence-electron chi connectivity index (χ1n) is 12.2. The Kier molecular flexibility index (Phi) is 8.80. The molecule has 0 radical (unpaired) electrons. The number of nitrogens with one attached hydrogen (secondary N) is 2. The number of thiazole rings is 1. The average molecular weight is 588 g/mol. The van der Waals surface area contributed by atoms with Crippen molar-refractivity contribution >= 4 is 57.1 Å². The largest absolute Gasteiger partial charge is 0.493 e. The van der Waals surface area contributed by atoms with Gasteiger partial charge in [-0.3, -0.25) is 9.59 Å². The third-order valence-electron chi connectivity index (χ3n) is 5.84. The molecule has 2 N–H and O–H groups in total. The van der Waals surface area contributed by atoms with Crippen molar-refractivity contribution in [3.05, 3.63) is 106 Å². The van der Waals surface area contributed by atoms with Gasteiger partial charge in [-0.25, -0.2) is 4.98 Å². The van der Waals surface area contributed by atoms with E-state index >= 15 is 0 Å². The number of carbonyl (C=O) groups excluding carboxylic acids is 2. The molecule has 0 aliphatic carbocycles. The van der Waals surface area contributed by atoms with Crippen molar-refractivity contribution < 1.29 is 19.1 Å². The smallest absolute Gasteiger partial charge is 0.265 e. The minimum atomic E-state index is -0.544. The summed E-state index contributed by atoms with van der Waals surface area (Å²) in [6.45, 7) is 0. The number of benzene rings is 3. The van der Waals surface area contributed by atoms with Gasteiger partial charge < -0.3 is 20.1 Å². The fraction of sp³-hybridized carbons (Fsp3) is 0.100. The van der Waals surface area contributed by atoms with Crippen LogP contribution in [-0.4, -0.2) is 31.0 Å². The zero-order valence-electron chi connectivity index (χ0n) is 21.6. The molecule has 40 heavy (non-hydrogen) atoms. The average Bonchev–Trinajstić information content (AvgIpc) is 3.69. The fourth-order valence-corrected chi connectivity index (χ4v) is 6.34. The van der Waals surface area contributed by atoms with Crippen molar-refractivity contribution in [2.45, 2.75) is 10.1 Å². The van der Waals surface area contributed by atoms with Crippen LogP contribution in [0.2, 0.25) is 0 Å². The second-order valence-electron chi connectivity index (χ2n) is 8.46. The summed E-state index contributed by atoms with van der Waals surface area (Å²) >= 11 is 4.14. The van der Waals surface area contributed by atoms with Crippen molar-refractivity contribution in [3.63, 3.8) is 0 Å². The van der Waals surface area contributed by atoms with E-state index in [2.05, 4.69) is 15.6 Å². The Balaban J connectivity index is 1.34. The van der Waals surface area contributed by atoms with Gasteiger partial charge in [0.15, 0.2) is 16.6 Å². The lowest BCUT2D eigenvalue weighted by Crippen LogP contribution is -2.19. The highest BCUT2D eigenvalue weighted by atomic mass is 32.2. The molecule has 3 aromatic carbocycles. The molecular formula is C30H25N3O4S3. The third-order valence-corrected chi connectivity index (χ3v) is 8.72. The Labute approximate surface area is 244 Å². The van der Waals surface area contributed by atoms with Crippen molar-refractivity contribution in [1.29, 1.82) is 0 Å². The molecule has 0 fully saturated rings. The van der Waals surface area contributed by atoms with Crippen LogP contribution in [0.3, 0.4) is 0 Å². The summed E-state index contributed by atoms with van der Waals surface area (Å²) in [5, 5.41) is 9.63. The number of hydrogen-bond acceptors (Lipinski definition) is 8. The molecule has 7 nitrogen and oxygen atoms in total. The lowest BCUT2D eigenvalue weighted by atomic mass is 10.1. The summed E-state index contributed by atoms with van der Waals surface area (Å²) in [6.07, 6.45) is 0. The van der Waals surface area contributed by atoms with Gasteiger partial charge in [0.25, 0.3) is 5.91 Å². The molecule has 0 aliphatic heterocycles. The van der Waals surface area contributed by atoms with Gasteiger partial charge in [-0.1, -0.05) is 42.5 Å². The van der Waals surface area contributed by atoms with Crippen molar-refractivity contribution in [1.82, 2.24) is 4.98 Å². The van der Waals surface area contributed by atoms with Crippen LogP contribution >= 0.6 is 34.4 Å². The molecule has 2 aromatic heterocycles. The SMILES string of the molecule is COc1ccc(-c2csc(NC(=O)C(Sc3cccc(NC(=O)c4cccs4)c3)c3ccccc3)n2)cc1OC. The van der Waals surface area contributed by atoms with E-state index in [4.69, 9.17) is 9.47 Å². The minimum absolute atomic E-state index is 0.163. The Morgan fingerprint density at radius 2 is 1.68 bits per heavy atom. The predicted octanol–water partition coefficient (Wildman–Crippen LogP) is 7.61. The zero-order valence-corrected chi connectivity index (χ0v) is 24.1.